The molecule has 1 fully saturated rings. The summed E-state index contributed by atoms with van der Waals surface area (Å²) in [6, 6.07) is 11.0. The predicted octanol–water partition coefficient (Wildman–Crippen LogP) is 5.35. The molecule has 1 heterocycles. The van der Waals surface area contributed by atoms with Crippen LogP contribution in [-0.4, -0.2) is 34.0 Å². The van der Waals surface area contributed by atoms with Gasteiger partial charge in [-0.15, -0.1) is 0 Å². The number of aliphatic carboxylic acids is 1. The summed E-state index contributed by atoms with van der Waals surface area (Å²) in [5.74, 6) is -0.445. The van der Waals surface area contributed by atoms with E-state index in [-0.39, 0.29) is 5.91 Å². The molecule has 0 aliphatic carbocycles. The van der Waals surface area contributed by atoms with Crippen molar-refractivity contribution in [2.75, 3.05) is 11.5 Å². The van der Waals surface area contributed by atoms with Crippen LogP contribution in [0.3, 0.4) is 0 Å². The number of rotatable bonds is 8. The first kappa shape index (κ1) is 23.8. The first-order chi connectivity index (χ1) is 15.2. The number of amides is 1. The van der Waals surface area contributed by atoms with Crippen molar-refractivity contribution in [2.24, 2.45) is 0 Å². The number of carbonyl (C=O) groups excluding carboxylic acids is 1. The van der Waals surface area contributed by atoms with Crippen LogP contribution < -0.4 is 14.4 Å². The standard InChI is InChI=1S/C24H25NO5S2/c1-5-18(23(27)28)30-19-10-8-16(12-20(19)29-6-2)13-21-22(26)25(24(31)32-21)17-9-7-14(3)15(4)11-17/h7-13,18H,5-6H2,1-4H3,(H,27,28)/b21-13+. The second-order valence-electron chi connectivity index (χ2n) is 7.28. The van der Waals surface area contributed by atoms with Crippen LogP contribution in [0.5, 0.6) is 11.5 Å². The molecule has 2 aromatic rings. The first-order valence-electron chi connectivity index (χ1n) is 10.3. The molecule has 0 bridgehead atoms. The van der Waals surface area contributed by atoms with Gasteiger partial charge in [0.1, 0.15) is 0 Å². The van der Waals surface area contributed by atoms with E-state index in [1.54, 1.807) is 31.2 Å². The van der Waals surface area contributed by atoms with E-state index in [1.165, 1.54) is 16.7 Å². The second-order valence-corrected chi connectivity index (χ2v) is 8.95. The Morgan fingerprint density at radius 1 is 1.16 bits per heavy atom. The van der Waals surface area contributed by atoms with Crippen molar-refractivity contribution in [1.29, 1.82) is 0 Å². The summed E-state index contributed by atoms with van der Waals surface area (Å²) in [4.78, 5) is 26.4. The molecule has 1 atom stereocenters. The van der Waals surface area contributed by atoms with Crippen LogP contribution in [0, 0.1) is 13.8 Å². The van der Waals surface area contributed by atoms with E-state index in [0.29, 0.717) is 33.8 Å². The largest absolute Gasteiger partial charge is 0.490 e. The van der Waals surface area contributed by atoms with Crippen molar-refractivity contribution >= 4 is 51.9 Å². The fraction of sp³-hybridized carbons (Fsp3) is 0.292. The Balaban J connectivity index is 1.89. The lowest BCUT2D eigenvalue weighted by molar-refractivity contribution is -0.145. The van der Waals surface area contributed by atoms with Crippen molar-refractivity contribution in [3.05, 3.63) is 58.0 Å². The highest BCUT2D eigenvalue weighted by molar-refractivity contribution is 8.27. The molecular weight excluding hydrogens is 446 g/mol. The van der Waals surface area contributed by atoms with Gasteiger partial charge < -0.3 is 14.6 Å². The van der Waals surface area contributed by atoms with Crippen molar-refractivity contribution in [3.63, 3.8) is 0 Å². The average molecular weight is 472 g/mol. The molecule has 0 spiro atoms. The average Bonchev–Trinajstić information content (AvgIpc) is 3.02. The summed E-state index contributed by atoms with van der Waals surface area (Å²) >= 11 is 6.71. The lowest BCUT2D eigenvalue weighted by Crippen LogP contribution is -2.27. The molecule has 0 saturated carbocycles. The van der Waals surface area contributed by atoms with Gasteiger partial charge in [-0.25, -0.2) is 4.79 Å². The van der Waals surface area contributed by atoms with Crippen LogP contribution in [0.2, 0.25) is 0 Å². The van der Waals surface area contributed by atoms with E-state index >= 15 is 0 Å². The summed E-state index contributed by atoms with van der Waals surface area (Å²) in [6.07, 6.45) is 1.11. The Morgan fingerprint density at radius 3 is 2.53 bits per heavy atom. The Bertz CT molecular complexity index is 1100. The maximum atomic E-state index is 13.1. The number of benzene rings is 2. The van der Waals surface area contributed by atoms with E-state index in [0.717, 1.165) is 22.4 Å². The Morgan fingerprint density at radius 2 is 1.91 bits per heavy atom. The van der Waals surface area contributed by atoms with E-state index in [4.69, 9.17) is 21.7 Å². The number of anilines is 1. The minimum atomic E-state index is -1.03. The Hall–Kier alpha value is -2.84. The summed E-state index contributed by atoms with van der Waals surface area (Å²) in [7, 11) is 0. The summed E-state index contributed by atoms with van der Waals surface area (Å²) in [5.41, 5.74) is 3.71. The van der Waals surface area contributed by atoms with Crippen LogP contribution in [0.1, 0.15) is 37.0 Å². The van der Waals surface area contributed by atoms with Crippen LogP contribution in [0.25, 0.3) is 6.08 Å². The van der Waals surface area contributed by atoms with Crippen LogP contribution in [0.15, 0.2) is 41.3 Å². The molecule has 3 rings (SSSR count). The summed E-state index contributed by atoms with van der Waals surface area (Å²) in [6.45, 7) is 7.98. The number of thiocarbonyl (C=S) groups is 1. The number of carboxylic acids is 1. The van der Waals surface area contributed by atoms with E-state index in [1.807, 2.05) is 39.0 Å². The summed E-state index contributed by atoms with van der Waals surface area (Å²) < 4.78 is 11.7. The molecule has 6 nitrogen and oxygen atoms in total. The molecule has 1 unspecified atom stereocenters. The molecule has 0 aromatic heterocycles. The minimum Gasteiger partial charge on any atom is -0.490 e. The van der Waals surface area contributed by atoms with Gasteiger partial charge in [0.2, 0.25) is 0 Å². The number of carboxylic acid groups (broad SMARTS) is 1. The number of hydrogen-bond donors (Lipinski definition) is 1. The van der Waals surface area contributed by atoms with Gasteiger partial charge in [-0.2, -0.15) is 0 Å². The number of aryl methyl sites for hydroxylation is 2. The molecule has 168 valence electrons. The number of carbonyl (C=O) groups is 2. The molecule has 32 heavy (non-hydrogen) atoms. The van der Waals surface area contributed by atoms with Gasteiger partial charge in [-0.05, 0) is 74.2 Å². The van der Waals surface area contributed by atoms with Crippen LogP contribution in [0.4, 0.5) is 5.69 Å². The van der Waals surface area contributed by atoms with Crippen LogP contribution >= 0.6 is 24.0 Å². The topological polar surface area (TPSA) is 76.1 Å². The predicted molar refractivity (Wildman–Crippen MR) is 132 cm³/mol. The monoisotopic (exact) mass is 471 g/mol. The van der Waals surface area contributed by atoms with Gasteiger partial charge in [0.05, 0.1) is 17.2 Å². The molecule has 1 aliphatic rings. The third-order valence-corrected chi connectivity index (χ3v) is 6.33. The second kappa shape index (κ2) is 10.2. The summed E-state index contributed by atoms with van der Waals surface area (Å²) in [5, 5.41) is 9.27. The maximum absolute atomic E-state index is 13.1. The normalized spacial score (nSPS) is 15.9. The lowest BCUT2D eigenvalue weighted by atomic mass is 10.1. The number of hydrogen-bond acceptors (Lipinski definition) is 6. The highest BCUT2D eigenvalue weighted by Gasteiger charge is 2.33. The quantitative estimate of drug-likeness (QED) is 0.411. The SMILES string of the molecule is CCOc1cc(/C=C2/SC(=S)N(c3ccc(C)c(C)c3)C2=O)ccc1OC(CC)C(=O)O. The fourth-order valence-corrected chi connectivity index (χ4v) is 4.45. The van der Waals surface area contributed by atoms with Crippen molar-refractivity contribution < 1.29 is 24.2 Å². The number of ether oxygens (including phenoxy) is 2. The smallest absolute Gasteiger partial charge is 0.344 e. The number of thioether (sulfide) groups is 1. The Kier molecular flexibility index (Phi) is 7.58. The zero-order valence-corrected chi connectivity index (χ0v) is 20.0. The zero-order valence-electron chi connectivity index (χ0n) is 18.4. The molecule has 8 heteroatoms. The van der Waals surface area contributed by atoms with E-state index < -0.39 is 12.1 Å². The molecular formula is C24H25NO5S2. The van der Waals surface area contributed by atoms with Gasteiger partial charge in [-0.1, -0.05) is 43.0 Å². The number of nitrogens with zero attached hydrogens (tertiary/aromatic N) is 1. The third-order valence-electron chi connectivity index (χ3n) is 5.02. The lowest BCUT2D eigenvalue weighted by Gasteiger charge is -2.17. The highest BCUT2D eigenvalue weighted by atomic mass is 32.2. The molecule has 0 radical (unpaired) electrons. The van der Waals surface area contributed by atoms with Gasteiger partial charge in [0, 0.05) is 0 Å². The third kappa shape index (κ3) is 5.14. The molecule has 1 amide bonds. The first-order valence-corrected chi connectivity index (χ1v) is 11.5. The van der Waals surface area contributed by atoms with Crippen molar-refractivity contribution in [2.45, 2.75) is 40.2 Å². The zero-order chi connectivity index (χ0) is 23.4. The molecule has 1 aliphatic heterocycles. The molecule has 1 N–H and O–H groups in total. The van der Waals surface area contributed by atoms with Crippen molar-refractivity contribution in [1.82, 2.24) is 0 Å². The minimum absolute atomic E-state index is 0.182. The fourth-order valence-electron chi connectivity index (χ4n) is 3.15. The van der Waals surface area contributed by atoms with Gasteiger partial charge in [0.15, 0.2) is 21.9 Å². The molecule has 2 aromatic carbocycles. The van der Waals surface area contributed by atoms with Gasteiger partial charge in [0.25, 0.3) is 5.91 Å². The molecule has 1 saturated heterocycles. The van der Waals surface area contributed by atoms with E-state index in [9.17, 15) is 14.7 Å². The van der Waals surface area contributed by atoms with Gasteiger partial charge in [-0.3, -0.25) is 9.69 Å². The van der Waals surface area contributed by atoms with Crippen LogP contribution in [-0.2, 0) is 9.59 Å². The van der Waals surface area contributed by atoms with Crippen molar-refractivity contribution in [3.8, 4) is 11.5 Å². The Labute approximate surface area is 197 Å². The maximum Gasteiger partial charge on any atom is 0.344 e. The van der Waals surface area contributed by atoms with Gasteiger partial charge >= 0.3 is 5.97 Å². The van der Waals surface area contributed by atoms with E-state index in [2.05, 4.69) is 0 Å². The highest BCUT2D eigenvalue weighted by Crippen LogP contribution is 2.38.